The van der Waals surface area contributed by atoms with Crippen LogP contribution < -0.4 is 16.4 Å². The number of hydrogen-bond acceptors (Lipinski definition) is 7. The molecule has 0 radical (unpaired) electrons. The molecule has 0 saturated heterocycles. The van der Waals surface area contributed by atoms with Gasteiger partial charge in [-0.2, -0.15) is 12.6 Å². The van der Waals surface area contributed by atoms with Crippen LogP contribution in [0.4, 0.5) is 0 Å². The lowest BCUT2D eigenvalue weighted by molar-refractivity contribution is -0.143. The first-order valence-electron chi connectivity index (χ1n) is 5.61. The maximum atomic E-state index is 11.5. The summed E-state index contributed by atoms with van der Waals surface area (Å²) in [6, 6.07) is -2.76. The Balaban J connectivity index is 4.50. The number of thiol groups is 1. The highest BCUT2D eigenvalue weighted by Crippen LogP contribution is 1.94. The molecule has 0 spiro atoms. The fourth-order valence-corrected chi connectivity index (χ4v) is 1.36. The molecule has 0 aromatic rings. The zero-order chi connectivity index (χ0) is 16.6. The number of carbonyl (C=O) groups is 5. The maximum absolute atomic E-state index is 11.5. The maximum Gasteiger partial charge on any atom is 0.322 e. The van der Waals surface area contributed by atoms with E-state index in [4.69, 9.17) is 15.9 Å². The van der Waals surface area contributed by atoms with E-state index < -0.39 is 54.6 Å². The number of carboxylic acid groups (broad SMARTS) is 2. The average molecular weight is 321 g/mol. The Kier molecular flexibility index (Phi) is 8.01. The molecule has 0 aliphatic rings. The number of nitrogens with one attached hydrogen (secondary N) is 2. The van der Waals surface area contributed by atoms with Gasteiger partial charge in [0.05, 0.1) is 0 Å². The molecule has 0 rings (SSSR count). The summed E-state index contributed by atoms with van der Waals surface area (Å²) < 4.78 is 0. The van der Waals surface area contributed by atoms with Crippen LogP contribution in [0.3, 0.4) is 0 Å². The quantitative estimate of drug-likeness (QED) is 0.192. The minimum Gasteiger partial charge on any atom is -0.480 e. The highest BCUT2D eigenvalue weighted by molar-refractivity contribution is 7.80. The number of carbonyl (C=O) groups excluding carboxylic acids is 3. The number of ketones is 1. The van der Waals surface area contributed by atoms with Gasteiger partial charge in [0, 0.05) is 12.2 Å². The van der Waals surface area contributed by atoms with Crippen LogP contribution in [0.2, 0.25) is 0 Å². The number of rotatable bonds is 9. The van der Waals surface area contributed by atoms with Gasteiger partial charge < -0.3 is 26.6 Å². The number of Topliss-reactive ketones (excluding diaryl/α,β-unsaturated/α-hetero) is 1. The normalized spacial score (nSPS) is 12.9. The number of nitrogens with two attached hydrogens (primary N) is 1. The van der Waals surface area contributed by atoms with Gasteiger partial charge in [0.15, 0.2) is 0 Å². The first kappa shape index (κ1) is 18.9. The molecule has 21 heavy (non-hydrogen) atoms. The Morgan fingerprint density at radius 2 is 1.71 bits per heavy atom. The summed E-state index contributed by atoms with van der Waals surface area (Å²) in [5.41, 5.74) is 5.10. The van der Waals surface area contributed by atoms with Crippen LogP contribution in [0.25, 0.3) is 0 Å². The molecule has 10 nitrogen and oxygen atoms in total. The van der Waals surface area contributed by atoms with E-state index >= 15 is 0 Å². The number of carboxylic acids is 2. The van der Waals surface area contributed by atoms with Crippen molar-refractivity contribution < 1.29 is 34.2 Å². The second-order valence-corrected chi connectivity index (χ2v) is 4.26. The molecule has 0 aliphatic carbocycles. The molecule has 0 aromatic heterocycles. The first-order valence-corrected chi connectivity index (χ1v) is 6.24. The molecule has 0 aromatic carbocycles. The minimum absolute atomic E-state index is 0.185. The van der Waals surface area contributed by atoms with Gasteiger partial charge in [-0.15, -0.1) is 0 Å². The van der Waals surface area contributed by atoms with E-state index in [2.05, 4.69) is 12.6 Å². The standard InChI is InChI=1S/C10H15N3O7S/c11-4(10(19)20)1-6(14)9(18)13-5(3-21)8(17)12-2-7(15)16/h4-5,21H,1-3,11H2,(H,12,17)(H,13,18)(H,15,16)(H,19,20). The zero-order valence-corrected chi connectivity index (χ0v) is 11.6. The lowest BCUT2D eigenvalue weighted by atomic mass is 10.1. The van der Waals surface area contributed by atoms with E-state index in [0.29, 0.717) is 0 Å². The van der Waals surface area contributed by atoms with Gasteiger partial charge in [0.25, 0.3) is 5.91 Å². The number of hydrogen-bond donors (Lipinski definition) is 6. The van der Waals surface area contributed by atoms with Crippen molar-refractivity contribution >= 4 is 42.2 Å². The van der Waals surface area contributed by atoms with E-state index in [1.54, 1.807) is 0 Å². The van der Waals surface area contributed by atoms with Crippen molar-refractivity contribution in [2.45, 2.75) is 18.5 Å². The van der Waals surface area contributed by atoms with E-state index in [1.807, 2.05) is 10.6 Å². The van der Waals surface area contributed by atoms with Gasteiger partial charge in [0.1, 0.15) is 18.6 Å². The van der Waals surface area contributed by atoms with Crippen molar-refractivity contribution in [2.75, 3.05) is 12.3 Å². The molecule has 0 bridgehead atoms. The molecule has 2 atom stereocenters. The lowest BCUT2D eigenvalue weighted by Gasteiger charge is -2.15. The number of amides is 2. The summed E-state index contributed by atoms with van der Waals surface area (Å²) in [4.78, 5) is 55.1. The van der Waals surface area contributed by atoms with Crippen molar-refractivity contribution in [1.29, 1.82) is 0 Å². The fourth-order valence-electron chi connectivity index (χ4n) is 1.10. The molecule has 2 unspecified atom stereocenters. The van der Waals surface area contributed by atoms with Gasteiger partial charge in [-0.3, -0.25) is 24.0 Å². The van der Waals surface area contributed by atoms with Crippen molar-refractivity contribution in [3.8, 4) is 0 Å². The summed E-state index contributed by atoms with van der Waals surface area (Å²) >= 11 is 3.79. The summed E-state index contributed by atoms with van der Waals surface area (Å²) in [5.74, 6) is -6.05. The largest absolute Gasteiger partial charge is 0.480 e. The molecule has 0 heterocycles. The SMILES string of the molecule is NC(CC(=O)C(=O)NC(CS)C(=O)NCC(=O)O)C(=O)O. The van der Waals surface area contributed by atoms with Crippen molar-refractivity contribution in [3.05, 3.63) is 0 Å². The fraction of sp³-hybridized carbons (Fsp3) is 0.500. The van der Waals surface area contributed by atoms with Crippen LogP contribution in [0.1, 0.15) is 6.42 Å². The monoisotopic (exact) mass is 321 g/mol. The molecule has 0 fully saturated rings. The highest BCUT2D eigenvalue weighted by atomic mass is 32.1. The first-order chi connectivity index (χ1) is 9.68. The van der Waals surface area contributed by atoms with Gasteiger partial charge in [-0.1, -0.05) is 0 Å². The van der Waals surface area contributed by atoms with E-state index in [-0.39, 0.29) is 5.75 Å². The van der Waals surface area contributed by atoms with Crippen molar-refractivity contribution in [3.63, 3.8) is 0 Å². The number of aliphatic carboxylic acids is 2. The molecule has 0 saturated carbocycles. The van der Waals surface area contributed by atoms with E-state index in [9.17, 15) is 24.0 Å². The van der Waals surface area contributed by atoms with Gasteiger partial charge >= 0.3 is 11.9 Å². The third-order valence-electron chi connectivity index (χ3n) is 2.19. The van der Waals surface area contributed by atoms with Crippen LogP contribution in [0.5, 0.6) is 0 Å². The lowest BCUT2D eigenvalue weighted by Crippen LogP contribution is -2.51. The Labute approximate surface area is 124 Å². The van der Waals surface area contributed by atoms with Crippen LogP contribution in [-0.2, 0) is 24.0 Å². The van der Waals surface area contributed by atoms with E-state index in [0.717, 1.165) is 0 Å². The van der Waals surface area contributed by atoms with Crippen LogP contribution in [0.15, 0.2) is 0 Å². The van der Waals surface area contributed by atoms with Crippen LogP contribution in [0, 0.1) is 0 Å². The van der Waals surface area contributed by atoms with Crippen molar-refractivity contribution in [2.24, 2.45) is 5.73 Å². The Hall–Kier alpha value is -2.14. The molecule has 118 valence electrons. The van der Waals surface area contributed by atoms with Crippen molar-refractivity contribution in [1.82, 2.24) is 10.6 Å². The Morgan fingerprint density at radius 1 is 1.14 bits per heavy atom. The Bertz CT molecular complexity index is 454. The van der Waals surface area contributed by atoms with Crippen LogP contribution in [-0.4, -0.2) is 64.1 Å². The van der Waals surface area contributed by atoms with E-state index in [1.165, 1.54) is 0 Å². The van der Waals surface area contributed by atoms with Gasteiger partial charge in [0.2, 0.25) is 11.7 Å². The predicted octanol–water partition coefficient (Wildman–Crippen LogP) is -3.03. The molecule has 6 N–H and O–H groups in total. The Morgan fingerprint density at radius 3 is 2.14 bits per heavy atom. The second-order valence-electron chi connectivity index (χ2n) is 3.89. The zero-order valence-electron chi connectivity index (χ0n) is 10.7. The molecule has 2 amide bonds. The molecule has 11 heteroatoms. The minimum atomic E-state index is -1.53. The smallest absolute Gasteiger partial charge is 0.322 e. The van der Waals surface area contributed by atoms with Gasteiger partial charge in [-0.05, 0) is 0 Å². The van der Waals surface area contributed by atoms with Gasteiger partial charge in [-0.25, -0.2) is 0 Å². The molecular weight excluding hydrogens is 306 g/mol. The van der Waals surface area contributed by atoms with Crippen LogP contribution >= 0.6 is 12.6 Å². The highest BCUT2D eigenvalue weighted by Gasteiger charge is 2.26. The topological polar surface area (TPSA) is 176 Å². The molecular formula is C10H15N3O7S. The third-order valence-corrected chi connectivity index (χ3v) is 2.56. The summed E-state index contributed by atoms with van der Waals surface area (Å²) in [7, 11) is 0. The third kappa shape index (κ3) is 7.27. The molecule has 0 aliphatic heterocycles. The summed E-state index contributed by atoms with van der Waals surface area (Å²) in [6.07, 6.45) is -0.725. The summed E-state index contributed by atoms with van der Waals surface area (Å²) in [5, 5.41) is 20.9. The summed E-state index contributed by atoms with van der Waals surface area (Å²) in [6.45, 7) is -0.656. The second kappa shape index (κ2) is 8.92. The average Bonchev–Trinajstić information content (AvgIpc) is 2.41. The predicted molar refractivity (Wildman–Crippen MR) is 71.7 cm³/mol.